The number of carbonyl (C=O) groups is 1. The fourth-order valence-electron chi connectivity index (χ4n) is 4.65. The molecule has 150 valence electrons. The molecule has 1 N–H and O–H groups in total. The fourth-order valence-corrected chi connectivity index (χ4v) is 4.65. The molecule has 1 aliphatic heterocycles. The minimum absolute atomic E-state index is 0.219. The van der Waals surface area contributed by atoms with Crippen molar-refractivity contribution in [2.24, 2.45) is 5.41 Å². The molecule has 2 aromatic rings. The van der Waals surface area contributed by atoms with Crippen LogP contribution >= 0.6 is 0 Å². The highest BCUT2D eigenvalue weighted by molar-refractivity contribution is 5.68. The van der Waals surface area contributed by atoms with Gasteiger partial charge in [0.15, 0.2) is 0 Å². The van der Waals surface area contributed by atoms with E-state index in [4.69, 9.17) is 4.74 Å². The Morgan fingerprint density at radius 2 is 1.89 bits per heavy atom. The number of carboxylic acid groups (broad SMARTS) is 1. The Labute approximate surface area is 168 Å². The first-order valence-electron chi connectivity index (χ1n) is 10.1. The Bertz CT molecular complexity index is 825. The van der Waals surface area contributed by atoms with Crippen LogP contribution in [0.3, 0.4) is 0 Å². The zero-order valence-corrected chi connectivity index (χ0v) is 17.4. The van der Waals surface area contributed by atoms with E-state index in [2.05, 4.69) is 52.0 Å². The quantitative estimate of drug-likeness (QED) is 0.707. The number of hydrogen-bond donors (Lipinski definition) is 1. The minimum atomic E-state index is -0.835. The van der Waals surface area contributed by atoms with Gasteiger partial charge < -0.3 is 9.84 Å². The molecule has 1 unspecified atom stereocenters. The SMILES string of the molecule is CCCC1(C(C)(C)C)c2ccc(OCc3ccccc3)cc2CCN1C(=O)O. The van der Waals surface area contributed by atoms with Crippen LogP contribution in [-0.2, 0) is 18.6 Å². The average molecular weight is 382 g/mol. The average Bonchev–Trinajstić information content (AvgIpc) is 2.66. The smallest absolute Gasteiger partial charge is 0.408 e. The maximum absolute atomic E-state index is 12.1. The highest BCUT2D eigenvalue weighted by Gasteiger charge is 2.52. The van der Waals surface area contributed by atoms with Crippen molar-refractivity contribution in [3.63, 3.8) is 0 Å². The van der Waals surface area contributed by atoms with E-state index in [0.717, 1.165) is 29.7 Å². The van der Waals surface area contributed by atoms with E-state index in [1.807, 2.05) is 24.3 Å². The van der Waals surface area contributed by atoms with Crippen molar-refractivity contribution in [3.8, 4) is 5.75 Å². The zero-order valence-electron chi connectivity index (χ0n) is 17.4. The zero-order chi connectivity index (χ0) is 20.4. The lowest BCUT2D eigenvalue weighted by molar-refractivity contribution is -0.0171. The molecule has 28 heavy (non-hydrogen) atoms. The Morgan fingerprint density at radius 3 is 2.50 bits per heavy atom. The number of fused-ring (bicyclic) bond motifs is 1. The Balaban J connectivity index is 1.97. The van der Waals surface area contributed by atoms with Crippen molar-refractivity contribution in [1.82, 2.24) is 4.90 Å². The van der Waals surface area contributed by atoms with E-state index < -0.39 is 11.6 Å². The first-order valence-corrected chi connectivity index (χ1v) is 10.1. The summed E-state index contributed by atoms with van der Waals surface area (Å²) in [6.07, 6.45) is 1.61. The Kier molecular flexibility index (Phi) is 5.69. The molecule has 0 radical (unpaired) electrons. The van der Waals surface area contributed by atoms with Crippen LogP contribution in [0.1, 0.15) is 57.2 Å². The third-order valence-electron chi connectivity index (χ3n) is 5.92. The fraction of sp³-hybridized carbons (Fsp3) is 0.458. The predicted octanol–water partition coefficient (Wildman–Crippen LogP) is 5.84. The molecular formula is C24H31NO3. The van der Waals surface area contributed by atoms with Crippen LogP contribution in [0.2, 0.25) is 0 Å². The Morgan fingerprint density at radius 1 is 1.18 bits per heavy atom. The lowest BCUT2D eigenvalue weighted by atomic mass is 9.63. The second-order valence-electron chi connectivity index (χ2n) is 8.64. The van der Waals surface area contributed by atoms with E-state index in [1.54, 1.807) is 4.90 Å². The van der Waals surface area contributed by atoms with Crippen molar-refractivity contribution in [1.29, 1.82) is 0 Å². The van der Waals surface area contributed by atoms with Gasteiger partial charge in [-0.2, -0.15) is 0 Å². The normalized spacial score (nSPS) is 19.2. The third kappa shape index (κ3) is 3.60. The third-order valence-corrected chi connectivity index (χ3v) is 5.92. The van der Waals surface area contributed by atoms with E-state index in [9.17, 15) is 9.90 Å². The van der Waals surface area contributed by atoms with Gasteiger partial charge in [0.2, 0.25) is 0 Å². The lowest BCUT2D eigenvalue weighted by Gasteiger charge is -2.54. The number of nitrogens with zero attached hydrogens (tertiary/aromatic N) is 1. The summed E-state index contributed by atoms with van der Waals surface area (Å²) in [6, 6.07) is 16.3. The molecule has 1 aliphatic rings. The molecule has 0 saturated carbocycles. The molecule has 4 heteroatoms. The van der Waals surface area contributed by atoms with Crippen molar-refractivity contribution < 1.29 is 14.6 Å². The predicted molar refractivity (Wildman–Crippen MR) is 112 cm³/mol. The van der Waals surface area contributed by atoms with Gasteiger partial charge in [-0.3, -0.25) is 4.90 Å². The van der Waals surface area contributed by atoms with Gasteiger partial charge in [0.05, 0.1) is 5.54 Å². The van der Waals surface area contributed by atoms with Crippen LogP contribution in [0.15, 0.2) is 48.5 Å². The summed E-state index contributed by atoms with van der Waals surface area (Å²) in [5.74, 6) is 0.839. The van der Waals surface area contributed by atoms with Gasteiger partial charge in [-0.05, 0) is 47.1 Å². The second kappa shape index (κ2) is 7.86. The molecule has 1 amide bonds. The molecule has 2 aromatic carbocycles. The molecule has 0 aromatic heterocycles. The summed E-state index contributed by atoms with van der Waals surface area (Å²) in [7, 11) is 0. The largest absolute Gasteiger partial charge is 0.489 e. The number of benzene rings is 2. The van der Waals surface area contributed by atoms with Gasteiger partial charge in [-0.15, -0.1) is 0 Å². The van der Waals surface area contributed by atoms with Crippen LogP contribution in [0.25, 0.3) is 0 Å². The highest BCUT2D eigenvalue weighted by Crippen LogP contribution is 2.51. The maximum Gasteiger partial charge on any atom is 0.408 e. The molecule has 1 heterocycles. The van der Waals surface area contributed by atoms with Crippen LogP contribution in [-0.4, -0.2) is 22.6 Å². The monoisotopic (exact) mass is 381 g/mol. The van der Waals surface area contributed by atoms with Gasteiger partial charge >= 0.3 is 6.09 Å². The standard InChI is InChI=1S/C24H31NO3/c1-5-14-24(23(2,3)4)21-12-11-20(28-17-18-9-7-6-8-10-18)16-19(21)13-15-25(24)22(26)27/h6-12,16H,5,13-15,17H2,1-4H3,(H,26,27). The van der Waals surface area contributed by atoms with Gasteiger partial charge in [-0.1, -0.05) is 70.5 Å². The summed E-state index contributed by atoms with van der Waals surface area (Å²) >= 11 is 0. The molecule has 0 bridgehead atoms. The van der Waals surface area contributed by atoms with E-state index in [-0.39, 0.29) is 5.41 Å². The number of amides is 1. The molecule has 0 spiro atoms. The van der Waals surface area contributed by atoms with E-state index in [0.29, 0.717) is 19.6 Å². The number of hydrogen-bond acceptors (Lipinski definition) is 2. The molecule has 0 fully saturated rings. The molecule has 4 nitrogen and oxygen atoms in total. The van der Waals surface area contributed by atoms with Crippen LogP contribution in [0.5, 0.6) is 5.75 Å². The van der Waals surface area contributed by atoms with Gasteiger partial charge in [0, 0.05) is 6.54 Å². The number of ether oxygens (including phenoxy) is 1. The second-order valence-corrected chi connectivity index (χ2v) is 8.64. The summed E-state index contributed by atoms with van der Waals surface area (Å²) in [6.45, 7) is 9.61. The molecule has 1 atom stereocenters. The topological polar surface area (TPSA) is 49.8 Å². The van der Waals surface area contributed by atoms with Gasteiger partial charge in [-0.25, -0.2) is 4.79 Å². The first-order chi connectivity index (χ1) is 13.3. The van der Waals surface area contributed by atoms with Crippen molar-refractivity contribution in [2.75, 3.05) is 6.54 Å². The van der Waals surface area contributed by atoms with Gasteiger partial charge in [0.1, 0.15) is 12.4 Å². The maximum atomic E-state index is 12.1. The van der Waals surface area contributed by atoms with E-state index >= 15 is 0 Å². The molecular weight excluding hydrogens is 350 g/mol. The lowest BCUT2D eigenvalue weighted by Crippen LogP contribution is -2.59. The first kappa shape index (κ1) is 20.2. The van der Waals surface area contributed by atoms with Crippen LogP contribution in [0, 0.1) is 5.41 Å². The minimum Gasteiger partial charge on any atom is -0.489 e. The van der Waals surface area contributed by atoms with Crippen molar-refractivity contribution in [3.05, 3.63) is 65.2 Å². The summed E-state index contributed by atoms with van der Waals surface area (Å²) < 4.78 is 6.02. The van der Waals surface area contributed by atoms with Crippen LogP contribution in [0.4, 0.5) is 4.79 Å². The molecule has 0 saturated heterocycles. The summed E-state index contributed by atoms with van der Waals surface area (Å²) in [5, 5.41) is 9.96. The van der Waals surface area contributed by atoms with Crippen molar-refractivity contribution in [2.45, 2.75) is 59.1 Å². The van der Waals surface area contributed by atoms with Gasteiger partial charge in [0.25, 0.3) is 0 Å². The Hall–Kier alpha value is -2.49. The summed E-state index contributed by atoms with van der Waals surface area (Å²) in [4.78, 5) is 13.8. The molecule has 3 rings (SSSR count). The highest BCUT2D eigenvalue weighted by atomic mass is 16.5. The summed E-state index contributed by atoms with van der Waals surface area (Å²) in [5.41, 5.74) is 2.71. The molecule has 0 aliphatic carbocycles. The van der Waals surface area contributed by atoms with E-state index in [1.165, 1.54) is 5.56 Å². The van der Waals surface area contributed by atoms with Crippen LogP contribution < -0.4 is 4.74 Å². The number of rotatable bonds is 5. The van der Waals surface area contributed by atoms with Crippen molar-refractivity contribution >= 4 is 6.09 Å².